The third-order valence-electron chi connectivity index (χ3n) is 4.20. The number of hydrogen-bond donors (Lipinski definition) is 0. The van der Waals surface area contributed by atoms with Gasteiger partial charge >= 0.3 is 0 Å². The molecule has 0 amide bonds. The first-order valence-corrected chi connectivity index (χ1v) is 9.74. The highest BCUT2D eigenvalue weighted by molar-refractivity contribution is 7.16. The van der Waals surface area contributed by atoms with Crippen molar-refractivity contribution in [2.24, 2.45) is 0 Å². The summed E-state index contributed by atoms with van der Waals surface area (Å²) in [5.41, 5.74) is 2.88. The quantitative estimate of drug-likeness (QED) is 0.577. The van der Waals surface area contributed by atoms with Crippen LogP contribution in [0.3, 0.4) is 0 Å². The van der Waals surface area contributed by atoms with Crippen molar-refractivity contribution >= 4 is 38.7 Å². The highest BCUT2D eigenvalue weighted by Gasteiger charge is 2.07. The number of ether oxygens (including phenoxy) is 1. The minimum Gasteiger partial charge on any atom is -0.481 e. The summed E-state index contributed by atoms with van der Waals surface area (Å²) < 4.78 is 6.73. The van der Waals surface area contributed by atoms with Crippen molar-refractivity contribution in [1.29, 1.82) is 0 Å². The van der Waals surface area contributed by atoms with Crippen LogP contribution in [0, 0.1) is 25.7 Å². The second kappa shape index (κ2) is 8.47. The SMILES string of the molecule is Cc1cc(OCC#CCN(C)c2cc(=O)sc3ccccc23)cc(C)c1Cl. The van der Waals surface area contributed by atoms with Gasteiger partial charge in [-0.25, -0.2) is 0 Å². The highest BCUT2D eigenvalue weighted by atomic mass is 35.5. The molecule has 27 heavy (non-hydrogen) atoms. The van der Waals surface area contributed by atoms with Crippen LogP contribution in [0.4, 0.5) is 5.69 Å². The zero-order valence-corrected chi connectivity index (χ0v) is 17.1. The van der Waals surface area contributed by atoms with Gasteiger partial charge < -0.3 is 9.64 Å². The molecule has 0 spiro atoms. The molecule has 138 valence electrons. The van der Waals surface area contributed by atoms with Gasteiger partial charge in [0.15, 0.2) is 0 Å². The summed E-state index contributed by atoms with van der Waals surface area (Å²) in [6, 6.07) is 13.4. The lowest BCUT2D eigenvalue weighted by Gasteiger charge is -2.17. The van der Waals surface area contributed by atoms with Crippen LogP contribution in [0.15, 0.2) is 47.3 Å². The summed E-state index contributed by atoms with van der Waals surface area (Å²) in [5.74, 6) is 6.90. The van der Waals surface area contributed by atoms with Crippen molar-refractivity contribution in [1.82, 2.24) is 0 Å². The van der Waals surface area contributed by atoms with Gasteiger partial charge in [-0.1, -0.05) is 53.0 Å². The molecule has 0 bridgehead atoms. The van der Waals surface area contributed by atoms with Crippen molar-refractivity contribution in [2.75, 3.05) is 25.1 Å². The lowest BCUT2D eigenvalue weighted by Crippen LogP contribution is -2.18. The number of nitrogens with zero attached hydrogens (tertiary/aromatic N) is 1. The summed E-state index contributed by atoms with van der Waals surface area (Å²) in [6.07, 6.45) is 0. The maximum absolute atomic E-state index is 11.9. The summed E-state index contributed by atoms with van der Waals surface area (Å²) in [6.45, 7) is 4.73. The van der Waals surface area contributed by atoms with Gasteiger partial charge in [0.1, 0.15) is 12.4 Å². The van der Waals surface area contributed by atoms with Crippen LogP contribution < -0.4 is 14.4 Å². The molecule has 3 aromatic rings. The van der Waals surface area contributed by atoms with Gasteiger partial charge in [-0.3, -0.25) is 4.79 Å². The van der Waals surface area contributed by atoms with Crippen LogP contribution >= 0.6 is 22.9 Å². The number of hydrogen-bond acceptors (Lipinski definition) is 4. The van der Waals surface area contributed by atoms with Crippen LogP contribution in [0.5, 0.6) is 5.75 Å². The Bertz CT molecular complexity index is 1070. The molecule has 0 aliphatic carbocycles. The predicted octanol–water partition coefficient (Wildman–Crippen LogP) is 5.05. The minimum atomic E-state index is 0.0420. The van der Waals surface area contributed by atoms with Crippen molar-refractivity contribution in [3.63, 3.8) is 0 Å². The summed E-state index contributed by atoms with van der Waals surface area (Å²) in [7, 11) is 1.94. The lowest BCUT2D eigenvalue weighted by molar-refractivity contribution is 0.369. The number of aryl methyl sites for hydroxylation is 2. The minimum absolute atomic E-state index is 0.0420. The average Bonchev–Trinajstić information content (AvgIpc) is 2.64. The molecule has 0 saturated heterocycles. The zero-order valence-electron chi connectivity index (χ0n) is 15.5. The van der Waals surface area contributed by atoms with E-state index in [4.69, 9.17) is 16.3 Å². The normalized spacial score (nSPS) is 10.4. The standard InChI is InChI=1S/C22H20ClNO2S/c1-15-12-17(13-16(2)22(15)23)26-11-7-6-10-24(3)19-14-21(25)27-20-9-5-4-8-18(19)20/h4-5,8-9,12-14H,10-11H2,1-3H3. The van der Waals surface area contributed by atoms with Gasteiger partial charge in [0.2, 0.25) is 4.74 Å². The van der Waals surface area contributed by atoms with Crippen molar-refractivity contribution in [3.05, 3.63) is 68.2 Å². The van der Waals surface area contributed by atoms with Crippen molar-refractivity contribution < 1.29 is 4.74 Å². The van der Waals surface area contributed by atoms with E-state index in [-0.39, 0.29) is 4.74 Å². The second-order valence-corrected chi connectivity index (χ2v) is 7.74. The molecule has 0 atom stereocenters. The van der Waals surface area contributed by atoms with E-state index in [1.807, 2.05) is 62.2 Å². The van der Waals surface area contributed by atoms with Crippen molar-refractivity contribution in [2.45, 2.75) is 13.8 Å². The third kappa shape index (κ3) is 4.63. The van der Waals surface area contributed by atoms with E-state index in [1.165, 1.54) is 11.3 Å². The molecule has 1 heterocycles. The summed E-state index contributed by atoms with van der Waals surface area (Å²) in [5, 5.41) is 1.83. The molecule has 3 nitrogen and oxygen atoms in total. The molecular weight excluding hydrogens is 378 g/mol. The second-order valence-electron chi connectivity index (χ2n) is 6.32. The van der Waals surface area contributed by atoms with Gasteiger partial charge in [-0.2, -0.15) is 0 Å². The van der Waals surface area contributed by atoms with Gasteiger partial charge in [0.05, 0.1) is 12.2 Å². The number of fused-ring (bicyclic) bond motifs is 1. The molecule has 0 unspecified atom stereocenters. The molecule has 0 aliphatic rings. The Labute approximate surface area is 168 Å². The molecule has 0 N–H and O–H groups in total. The Hall–Kier alpha value is -2.48. The van der Waals surface area contributed by atoms with E-state index >= 15 is 0 Å². The van der Waals surface area contributed by atoms with E-state index in [0.717, 1.165) is 37.7 Å². The van der Waals surface area contributed by atoms with Crippen LogP contribution in [0.1, 0.15) is 11.1 Å². The van der Waals surface area contributed by atoms with E-state index in [2.05, 4.69) is 11.8 Å². The van der Waals surface area contributed by atoms with Crippen molar-refractivity contribution in [3.8, 4) is 17.6 Å². The summed E-state index contributed by atoms with van der Waals surface area (Å²) >= 11 is 7.43. The van der Waals surface area contributed by atoms with E-state index in [0.29, 0.717) is 13.2 Å². The first kappa shape index (κ1) is 19.3. The predicted molar refractivity (Wildman–Crippen MR) is 116 cm³/mol. The Morgan fingerprint density at radius 3 is 2.56 bits per heavy atom. The van der Waals surface area contributed by atoms with E-state index in [1.54, 1.807) is 6.07 Å². The maximum atomic E-state index is 11.9. The Morgan fingerprint density at radius 1 is 1.11 bits per heavy atom. The largest absolute Gasteiger partial charge is 0.481 e. The number of benzene rings is 2. The molecule has 5 heteroatoms. The lowest BCUT2D eigenvalue weighted by atomic mass is 10.1. The molecular formula is C22H20ClNO2S. The summed E-state index contributed by atoms with van der Waals surface area (Å²) in [4.78, 5) is 13.9. The molecule has 1 aromatic heterocycles. The smallest absolute Gasteiger partial charge is 0.234 e. The first-order valence-electron chi connectivity index (χ1n) is 8.55. The molecule has 0 saturated carbocycles. The topological polar surface area (TPSA) is 29.5 Å². The molecule has 2 aromatic carbocycles. The third-order valence-corrected chi connectivity index (χ3v) is 5.69. The molecule has 3 rings (SSSR count). The number of halogens is 1. The van der Waals surface area contributed by atoms with Gasteiger partial charge in [-0.15, -0.1) is 0 Å². The van der Waals surface area contributed by atoms with Gasteiger partial charge in [-0.05, 0) is 43.2 Å². The Balaban J connectivity index is 1.66. The highest BCUT2D eigenvalue weighted by Crippen LogP contribution is 2.27. The average molecular weight is 398 g/mol. The number of rotatable bonds is 4. The van der Waals surface area contributed by atoms with Crippen LogP contribution in [0.2, 0.25) is 5.02 Å². The molecule has 0 fully saturated rings. The molecule has 0 radical (unpaired) electrons. The van der Waals surface area contributed by atoms with Crippen LogP contribution in [-0.4, -0.2) is 20.2 Å². The maximum Gasteiger partial charge on any atom is 0.234 e. The fourth-order valence-corrected chi connectivity index (χ4v) is 3.76. The van der Waals surface area contributed by atoms with Gasteiger partial charge in [0.25, 0.3) is 0 Å². The van der Waals surface area contributed by atoms with E-state index in [9.17, 15) is 4.79 Å². The fraction of sp³-hybridized carbons (Fsp3) is 0.227. The number of anilines is 1. The zero-order chi connectivity index (χ0) is 19.4. The van der Waals surface area contributed by atoms with Crippen LogP contribution in [-0.2, 0) is 0 Å². The molecule has 0 aliphatic heterocycles. The monoisotopic (exact) mass is 397 g/mol. The Morgan fingerprint density at radius 2 is 1.81 bits per heavy atom. The van der Waals surface area contributed by atoms with Crippen LogP contribution in [0.25, 0.3) is 10.1 Å². The fourth-order valence-electron chi connectivity index (χ4n) is 2.83. The van der Waals surface area contributed by atoms with Gasteiger partial charge in [0, 0.05) is 28.2 Å². The first-order chi connectivity index (χ1) is 13.0. The van der Waals surface area contributed by atoms with E-state index < -0.39 is 0 Å². The Kier molecular flexibility index (Phi) is 6.05.